The number of ether oxygens (including phenoxy) is 3. The summed E-state index contributed by atoms with van der Waals surface area (Å²) < 4.78 is 22.5. The van der Waals surface area contributed by atoms with Gasteiger partial charge in [-0.2, -0.15) is 0 Å². The molecule has 7 heteroatoms. The quantitative estimate of drug-likeness (QED) is 0.0448. The third-order valence-corrected chi connectivity index (χ3v) is 9.00. The second-order valence-electron chi connectivity index (χ2n) is 13.5. The molecule has 0 amide bonds. The summed E-state index contributed by atoms with van der Waals surface area (Å²) in [6, 6.07) is 8.41. The minimum atomic E-state index is -0.579. The van der Waals surface area contributed by atoms with Crippen LogP contribution in [0.15, 0.2) is 39.5 Å². The minimum Gasteiger partial charge on any atom is -0.493 e. The third kappa shape index (κ3) is 21.2. The lowest BCUT2D eigenvalue weighted by Crippen LogP contribution is -2.27. The summed E-state index contributed by atoms with van der Waals surface area (Å²) in [5.74, 6) is 0.0454. The minimum absolute atomic E-state index is 0.0246. The van der Waals surface area contributed by atoms with Crippen LogP contribution in [0.1, 0.15) is 174 Å². The van der Waals surface area contributed by atoms with Crippen LogP contribution < -0.4 is 10.4 Å². The Morgan fingerprint density at radius 3 is 1.65 bits per heavy atom. The standard InChI is InChI=1S/C41H66O7/c1-3-5-7-9-11-13-15-17-19-21-23-25-39(42)46-34-37(31-32-45-36-29-27-35-28-30-41(44)48-38(35)33-36)47-40(43)26-24-22-20-18-16-14-12-10-8-6-4-2/h27-30,33,37H,3-26,31-32,34H2,1-2H3. The van der Waals surface area contributed by atoms with Crippen LogP contribution in [0.2, 0.25) is 0 Å². The molecule has 1 aromatic heterocycles. The summed E-state index contributed by atoms with van der Waals surface area (Å²) in [5, 5.41) is 0.806. The van der Waals surface area contributed by atoms with Gasteiger partial charge in [0.25, 0.3) is 0 Å². The fourth-order valence-corrected chi connectivity index (χ4v) is 5.99. The first-order chi connectivity index (χ1) is 23.5. The molecule has 0 saturated carbocycles. The predicted molar refractivity (Wildman–Crippen MR) is 196 cm³/mol. The van der Waals surface area contributed by atoms with Gasteiger partial charge in [0.2, 0.25) is 0 Å². The van der Waals surface area contributed by atoms with Crippen LogP contribution in [0.5, 0.6) is 5.75 Å². The van der Waals surface area contributed by atoms with Crippen LogP contribution in [0.4, 0.5) is 0 Å². The number of carbonyl (C=O) groups is 2. The zero-order valence-electron chi connectivity index (χ0n) is 30.4. The Balaban J connectivity index is 1.69. The predicted octanol–water partition coefficient (Wildman–Crippen LogP) is 11.4. The smallest absolute Gasteiger partial charge is 0.336 e. The zero-order valence-corrected chi connectivity index (χ0v) is 30.4. The normalized spacial score (nSPS) is 11.9. The Labute approximate surface area is 290 Å². The maximum Gasteiger partial charge on any atom is 0.336 e. The van der Waals surface area contributed by atoms with E-state index >= 15 is 0 Å². The van der Waals surface area contributed by atoms with E-state index in [0.717, 1.165) is 43.9 Å². The number of fused-ring (bicyclic) bond motifs is 1. The van der Waals surface area contributed by atoms with E-state index in [4.69, 9.17) is 18.6 Å². The summed E-state index contributed by atoms with van der Waals surface area (Å²) in [4.78, 5) is 36.8. The molecule has 7 nitrogen and oxygen atoms in total. The Morgan fingerprint density at radius 1 is 0.625 bits per heavy atom. The van der Waals surface area contributed by atoms with Gasteiger partial charge in [0.05, 0.1) is 6.61 Å². The van der Waals surface area contributed by atoms with Crippen molar-refractivity contribution in [2.75, 3.05) is 13.2 Å². The van der Waals surface area contributed by atoms with Crippen LogP contribution >= 0.6 is 0 Å². The molecule has 48 heavy (non-hydrogen) atoms. The van der Waals surface area contributed by atoms with E-state index in [0.29, 0.717) is 30.6 Å². The van der Waals surface area contributed by atoms with E-state index in [-0.39, 0.29) is 25.2 Å². The summed E-state index contributed by atoms with van der Waals surface area (Å²) in [6.45, 7) is 4.78. The van der Waals surface area contributed by atoms with Gasteiger partial charge < -0.3 is 18.6 Å². The molecule has 0 radical (unpaired) electrons. The molecular formula is C41H66O7. The molecule has 272 valence electrons. The van der Waals surface area contributed by atoms with E-state index < -0.39 is 11.7 Å². The topological polar surface area (TPSA) is 92.0 Å². The lowest BCUT2D eigenvalue weighted by atomic mass is 10.1. The van der Waals surface area contributed by atoms with Crippen molar-refractivity contribution < 1.29 is 28.2 Å². The van der Waals surface area contributed by atoms with Gasteiger partial charge in [-0.25, -0.2) is 4.79 Å². The Bertz CT molecular complexity index is 1160. The van der Waals surface area contributed by atoms with Crippen molar-refractivity contribution in [2.45, 2.75) is 180 Å². The highest BCUT2D eigenvalue weighted by Gasteiger charge is 2.18. The van der Waals surface area contributed by atoms with Gasteiger partial charge >= 0.3 is 17.6 Å². The number of benzene rings is 1. The molecule has 0 spiro atoms. The van der Waals surface area contributed by atoms with Crippen molar-refractivity contribution >= 4 is 22.9 Å². The van der Waals surface area contributed by atoms with Crippen molar-refractivity contribution in [3.05, 3.63) is 40.8 Å². The van der Waals surface area contributed by atoms with Gasteiger partial charge in [0.1, 0.15) is 24.0 Å². The molecule has 0 fully saturated rings. The van der Waals surface area contributed by atoms with E-state index in [1.807, 2.05) is 12.1 Å². The molecule has 0 bridgehead atoms. The van der Waals surface area contributed by atoms with Crippen molar-refractivity contribution in [3.63, 3.8) is 0 Å². The molecule has 1 atom stereocenters. The van der Waals surface area contributed by atoms with Crippen LogP contribution in [0.25, 0.3) is 11.0 Å². The Kier molecular flexibility index (Phi) is 24.2. The van der Waals surface area contributed by atoms with Gasteiger partial charge in [0, 0.05) is 36.8 Å². The number of hydrogen-bond donors (Lipinski definition) is 0. The average Bonchev–Trinajstić information content (AvgIpc) is 3.08. The Hall–Kier alpha value is -2.83. The first kappa shape index (κ1) is 41.3. The van der Waals surface area contributed by atoms with E-state index in [9.17, 15) is 14.4 Å². The molecule has 0 N–H and O–H groups in total. The summed E-state index contributed by atoms with van der Waals surface area (Å²) >= 11 is 0. The van der Waals surface area contributed by atoms with Gasteiger partial charge in [-0.1, -0.05) is 142 Å². The molecule has 0 aliphatic rings. The number of hydrogen-bond acceptors (Lipinski definition) is 7. The molecule has 0 aliphatic heterocycles. The molecule has 2 rings (SSSR count). The van der Waals surface area contributed by atoms with Gasteiger partial charge in [-0.05, 0) is 31.0 Å². The van der Waals surface area contributed by atoms with Crippen LogP contribution in [-0.2, 0) is 19.1 Å². The SMILES string of the molecule is CCCCCCCCCCCCCC(=O)OCC(CCOc1ccc2ccc(=O)oc2c1)OC(=O)CCCCCCCCCCCCC. The fraction of sp³-hybridized carbons (Fsp3) is 0.732. The molecule has 1 unspecified atom stereocenters. The van der Waals surface area contributed by atoms with Crippen molar-refractivity contribution in [2.24, 2.45) is 0 Å². The first-order valence-electron chi connectivity index (χ1n) is 19.5. The zero-order chi connectivity index (χ0) is 34.5. The number of esters is 2. The van der Waals surface area contributed by atoms with Gasteiger partial charge in [-0.15, -0.1) is 0 Å². The lowest BCUT2D eigenvalue weighted by Gasteiger charge is -2.18. The number of rotatable bonds is 31. The van der Waals surface area contributed by atoms with E-state index in [1.54, 1.807) is 12.1 Å². The maximum absolute atomic E-state index is 12.7. The Morgan fingerprint density at radius 2 is 1.10 bits per heavy atom. The first-order valence-corrected chi connectivity index (χ1v) is 19.5. The summed E-state index contributed by atoms with van der Waals surface area (Å²) in [5.41, 5.74) is 0.0331. The fourth-order valence-electron chi connectivity index (χ4n) is 5.99. The average molecular weight is 671 g/mol. The van der Waals surface area contributed by atoms with Crippen molar-refractivity contribution in [3.8, 4) is 5.75 Å². The molecule has 0 aliphatic carbocycles. The van der Waals surface area contributed by atoms with Crippen molar-refractivity contribution in [1.82, 2.24) is 0 Å². The van der Waals surface area contributed by atoms with Crippen LogP contribution in [0.3, 0.4) is 0 Å². The third-order valence-electron chi connectivity index (χ3n) is 9.00. The summed E-state index contributed by atoms with van der Waals surface area (Å²) in [7, 11) is 0. The highest BCUT2D eigenvalue weighted by atomic mass is 16.6. The molecule has 2 aromatic rings. The highest BCUT2D eigenvalue weighted by Crippen LogP contribution is 2.20. The number of carbonyl (C=O) groups excluding carboxylic acids is 2. The van der Waals surface area contributed by atoms with Gasteiger partial charge in [-0.3, -0.25) is 9.59 Å². The van der Waals surface area contributed by atoms with Crippen LogP contribution in [-0.4, -0.2) is 31.3 Å². The maximum atomic E-state index is 12.7. The van der Waals surface area contributed by atoms with E-state index in [2.05, 4.69) is 13.8 Å². The molecular weight excluding hydrogens is 604 g/mol. The largest absolute Gasteiger partial charge is 0.493 e. The summed E-state index contributed by atoms with van der Waals surface area (Å²) in [6.07, 6.45) is 27.5. The van der Waals surface area contributed by atoms with Crippen molar-refractivity contribution in [1.29, 1.82) is 0 Å². The molecule has 0 saturated heterocycles. The van der Waals surface area contributed by atoms with E-state index in [1.165, 1.54) is 109 Å². The van der Waals surface area contributed by atoms with Gasteiger partial charge in [0.15, 0.2) is 0 Å². The number of unbranched alkanes of at least 4 members (excludes halogenated alkanes) is 20. The van der Waals surface area contributed by atoms with Crippen LogP contribution in [0, 0.1) is 0 Å². The molecule has 1 heterocycles. The monoisotopic (exact) mass is 670 g/mol. The lowest BCUT2D eigenvalue weighted by molar-refractivity contribution is -0.160. The highest BCUT2D eigenvalue weighted by molar-refractivity contribution is 5.77. The second kappa shape index (κ2) is 28.1. The molecule has 1 aromatic carbocycles. The second-order valence-corrected chi connectivity index (χ2v) is 13.5.